The lowest BCUT2D eigenvalue weighted by Gasteiger charge is -2.35. The molecule has 114 valence electrons. The number of rotatable bonds is 4. The molecular formula is C15H19FN2O3. The van der Waals surface area contributed by atoms with Gasteiger partial charge in [-0.25, -0.2) is 4.39 Å². The Balaban J connectivity index is 1.90. The van der Waals surface area contributed by atoms with E-state index < -0.39 is 12.0 Å². The smallest absolute Gasteiger partial charge is 0.248 e. The number of nitrogens with zero attached hydrogens (tertiary/aromatic N) is 1. The van der Waals surface area contributed by atoms with Crippen molar-refractivity contribution in [3.8, 4) is 0 Å². The molecule has 2 rings (SSSR count). The highest BCUT2D eigenvalue weighted by Gasteiger charge is 2.31. The van der Waals surface area contributed by atoms with Gasteiger partial charge in [0.1, 0.15) is 5.82 Å². The maximum absolute atomic E-state index is 12.8. The van der Waals surface area contributed by atoms with E-state index in [1.54, 1.807) is 24.0 Å². The molecule has 0 bridgehead atoms. The normalized spacial score (nSPS) is 22.1. The molecule has 1 aliphatic heterocycles. The van der Waals surface area contributed by atoms with E-state index in [2.05, 4.69) is 0 Å². The Morgan fingerprint density at radius 1 is 1.33 bits per heavy atom. The second kappa shape index (κ2) is 6.67. The van der Waals surface area contributed by atoms with Gasteiger partial charge in [-0.05, 0) is 31.0 Å². The number of nitrogens with two attached hydrogens (primary N) is 1. The van der Waals surface area contributed by atoms with Crippen LogP contribution in [0.1, 0.15) is 18.9 Å². The quantitative estimate of drug-likeness (QED) is 0.895. The third kappa shape index (κ3) is 4.26. The number of ether oxygens (including phenoxy) is 1. The van der Waals surface area contributed by atoms with Gasteiger partial charge in [0.15, 0.2) is 6.10 Å². The van der Waals surface area contributed by atoms with E-state index in [4.69, 9.17) is 10.5 Å². The van der Waals surface area contributed by atoms with E-state index in [0.717, 1.165) is 5.56 Å². The molecule has 1 aromatic carbocycles. The van der Waals surface area contributed by atoms with Gasteiger partial charge in [0.25, 0.3) is 0 Å². The summed E-state index contributed by atoms with van der Waals surface area (Å²) in [4.78, 5) is 25.0. The van der Waals surface area contributed by atoms with Crippen molar-refractivity contribution in [2.24, 2.45) is 5.73 Å². The van der Waals surface area contributed by atoms with Gasteiger partial charge in [0.2, 0.25) is 11.8 Å². The number of halogens is 1. The van der Waals surface area contributed by atoms with Gasteiger partial charge in [-0.2, -0.15) is 0 Å². The van der Waals surface area contributed by atoms with E-state index in [0.29, 0.717) is 19.4 Å². The number of hydrogen-bond acceptors (Lipinski definition) is 3. The molecule has 0 saturated carbocycles. The highest BCUT2D eigenvalue weighted by Crippen LogP contribution is 2.13. The van der Waals surface area contributed by atoms with Crippen LogP contribution in [-0.4, -0.2) is 42.0 Å². The summed E-state index contributed by atoms with van der Waals surface area (Å²) in [6.07, 6.45) is -0.120. The first-order valence-electron chi connectivity index (χ1n) is 6.92. The SMILES string of the molecule is C[C@@H]1CN(C(=O)CCc2ccc(F)cc2)C[C@@H](C(N)=O)O1. The Labute approximate surface area is 122 Å². The van der Waals surface area contributed by atoms with Gasteiger partial charge < -0.3 is 15.4 Å². The van der Waals surface area contributed by atoms with Crippen LogP contribution < -0.4 is 5.73 Å². The minimum absolute atomic E-state index is 0.0549. The number of carbonyl (C=O) groups excluding carboxylic acids is 2. The molecule has 1 saturated heterocycles. The van der Waals surface area contributed by atoms with Crippen molar-refractivity contribution in [1.29, 1.82) is 0 Å². The summed E-state index contributed by atoms with van der Waals surface area (Å²) < 4.78 is 18.2. The Morgan fingerprint density at radius 3 is 2.62 bits per heavy atom. The summed E-state index contributed by atoms with van der Waals surface area (Å²) in [6, 6.07) is 6.08. The van der Waals surface area contributed by atoms with Crippen LogP contribution in [0.5, 0.6) is 0 Å². The average molecular weight is 294 g/mol. The van der Waals surface area contributed by atoms with E-state index in [-0.39, 0.29) is 24.4 Å². The first kappa shape index (κ1) is 15.4. The van der Waals surface area contributed by atoms with Crippen LogP contribution in [-0.2, 0) is 20.7 Å². The van der Waals surface area contributed by atoms with Crippen molar-refractivity contribution in [2.75, 3.05) is 13.1 Å². The molecule has 1 heterocycles. The Kier molecular flexibility index (Phi) is 4.90. The van der Waals surface area contributed by atoms with E-state index in [9.17, 15) is 14.0 Å². The van der Waals surface area contributed by atoms with Crippen molar-refractivity contribution < 1.29 is 18.7 Å². The molecule has 2 amide bonds. The second-order valence-electron chi connectivity index (χ2n) is 5.26. The van der Waals surface area contributed by atoms with Crippen LogP contribution in [0.3, 0.4) is 0 Å². The van der Waals surface area contributed by atoms with Gasteiger partial charge in [-0.3, -0.25) is 9.59 Å². The van der Waals surface area contributed by atoms with Gasteiger partial charge in [0, 0.05) is 13.0 Å². The van der Waals surface area contributed by atoms with Gasteiger partial charge >= 0.3 is 0 Å². The fourth-order valence-corrected chi connectivity index (χ4v) is 2.37. The van der Waals surface area contributed by atoms with Crippen molar-refractivity contribution >= 4 is 11.8 Å². The van der Waals surface area contributed by atoms with Crippen molar-refractivity contribution in [2.45, 2.75) is 32.0 Å². The topological polar surface area (TPSA) is 72.6 Å². The Bertz CT molecular complexity index is 518. The number of hydrogen-bond donors (Lipinski definition) is 1. The molecule has 1 aliphatic rings. The number of carbonyl (C=O) groups is 2. The van der Waals surface area contributed by atoms with Crippen molar-refractivity contribution in [3.63, 3.8) is 0 Å². The van der Waals surface area contributed by atoms with Crippen molar-refractivity contribution in [1.82, 2.24) is 4.90 Å². The number of aryl methyl sites for hydroxylation is 1. The molecule has 0 aromatic heterocycles. The summed E-state index contributed by atoms with van der Waals surface area (Å²) in [5.41, 5.74) is 6.13. The van der Waals surface area contributed by atoms with Crippen LogP contribution in [0.4, 0.5) is 4.39 Å². The third-order valence-electron chi connectivity index (χ3n) is 3.47. The van der Waals surface area contributed by atoms with Crippen molar-refractivity contribution in [3.05, 3.63) is 35.6 Å². The molecule has 1 aromatic rings. The molecule has 6 heteroatoms. The van der Waals surface area contributed by atoms with E-state index >= 15 is 0 Å². The molecule has 21 heavy (non-hydrogen) atoms. The molecule has 1 fully saturated rings. The first-order valence-corrected chi connectivity index (χ1v) is 6.92. The summed E-state index contributed by atoms with van der Waals surface area (Å²) in [5.74, 6) is -0.907. The lowest BCUT2D eigenvalue weighted by Crippen LogP contribution is -2.53. The second-order valence-corrected chi connectivity index (χ2v) is 5.26. The summed E-state index contributed by atoms with van der Waals surface area (Å²) >= 11 is 0. The standard InChI is InChI=1S/C15H19FN2O3/c1-10-8-18(9-13(21-10)15(17)20)14(19)7-4-11-2-5-12(16)6-3-11/h2-3,5-6,10,13H,4,7-9H2,1H3,(H2,17,20)/t10-,13+/m1/s1. The predicted molar refractivity (Wildman–Crippen MR) is 74.8 cm³/mol. The van der Waals surface area contributed by atoms with Crippen LogP contribution >= 0.6 is 0 Å². The number of primary amides is 1. The number of morpholine rings is 1. The zero-order valence-electron chi connectivity index (χ0n) is 11.9. The first-order chi connectivity index (χ1) is 9.95. The summed E-state index contributed by atoms with van der Waals surface area (Å²) in [7, 11) is 0. The molecule has 2 N–H and O–H groups in total. The largest absolute Gasteiger partial charge is 0.367 e. The monoisotopic (exact) mass is 294 g/mol. The maximum atomic E-state index is 12.8. The molecule has 0 aliphatic carbocycles. The highest BCUT2D eigenvalue weighted by atomic mass is 19.1. The van der Waals surface area contributed by atoms with Gasteiger partial charge in [-0.15, -0.1) is 0 Å². The van der Waals surface area contributed by atoms with Gasteiger partial charge in [0.05, 0.1) is 12.6 Å². The fraction of sp³-hybridized carbons (Fsp3) is 0.467. The number of amides is 2. The van der Waals surface area contributed by atoms with Crippen LogP contribution in [0.25, 0.3) is 0 Å². The zero-order valence-corrected chi connectivity index (χ0v) is 11.9. The highest BCUT2D eigenvalue weighted by molar-refractivity contribution is 5.81. The molecule has 0 radical (unpaired) electrons. The molecule has 5 nitrogen and oxygen atoms in total. The molecule has 0 spiro atoms. The zero-order chi connectivity index (χ0) is 15.4. The minimum Gasteiger partial charge on any atom is -0.367 e. The van der Waals surface area contributed by atoms with E-state index in [1.165, 1.54) is 12.1 Å². The maximum Gasteiger partial charge on any atom is 0.248 e. The van der Waals surface area contributed by atoms with E-state index in [1.807, 2.05) is 0 Å². The summed E-state index contributed by atoms with van der Waals surface area (Å²) in [6.45, 7) is 2.45. The van der Waals surface area contributed by atoms with Crippen LogP contribution in [0.15, 0.2) is 24.3 Å². The Morgan fingerprint density at radius 2 is 2.00 bits per heavy atom. The lowest BCUT2D eigenvalue weighted by atomic mass is 10.1. The fourth-order valence-electron chi connectivity index (χ4n) is 2.37. The molecule has 2 atom stereocenters. The molecule has 0 unspecified atom stereocenters. The van der Waals surface area contributed by atoms with Crippen LogP contribution in [0, 0.1) is 5.82 Å². The lowest BCUT2D eigenvalue weighted by molar-refractivity contribution is -0.152. The molecular weight excluding hydrogens is 275 g/mol. The van der Waals surface area contributed by atoms with Crippen LogP contribution in [0.2, 0.25) is 0 Å². The Hall–Kier alpha value is -1.95. The predicted octanol–water partition coefficient (Wildman–Crippen LogP) is 0.859. The summed E-state index contributed by atoms with van der Waals surface area (Å²) in [5, 5.41) is 0. The minimum atomic E-state index is -0.747. The average Bonchev–Trinajstić information content (AvgIpc) is 2.45. The third-order valence-corrected chi connectivity index (χ3v) is 3.47. The van der Waals surface area contributed by atoms with Gasteiger partial charge in [-0.1, -0.05) is 12.1 Å². The number of benzene rings is 1.